The highest BCUT2D eigenvalue weighted by molar-refractivity contribution is 5.11. The van der Waals surface area contributed by atoms with Crippen molar-refractivity contribution in [3.63, 3.8) is 0 Å². The molecule has 0 aliphatic carbocycles. The first-order valence-electron chi connectivity index (χ1n) is 6.42. The summed E-state index contributed by atoms with van der Waals surface area (Å²) in [6.45, 7) is 4.52. The molecule has 1 aromatic heterocycles. The first kappa shape index (κ1) is 12.5. The van der Waals surface area contributed by atoms with Crippen LogP contribution in [0.25, 0.3) is 0 Å². The lowest BCUT2D eigenvalue weighted by molar-refractivity contribution is 0.0844. The molecule has 4 nitrogen and oxygen atoms in total. The van der Waals surface area contributed by atoms with E-state index in [9.17, 15) is 0 Å². The molecule has 1 saturated heterocycles. The smallest absolute Gasteiger partial charge is 0.131 e. The highest BCUT2D eigenvalue weighted by Gasteiger charge is 2.18. The highest BCUT2D eigenvalue weighted by atomic mass is 16.5. The molecular formula is C13H21N3O. The van der Waals surface area contributed by atoms with Crippen LogP contribution in [-0.2, 0) is 4.74 Å². The van der Waals surface area contributed by atoms with Gasteiger partial charge in [0.05, 0.1) is 0 Å². The van der Waals surface area contributed by atoms with E-state index in [1.54, 1.807) is 0 Å². The Bertz CT molecular complexity index is 350. The van der Waals surface area contributed by atoms with Crippen LogP contribution in [-0.4, -0.2) is 29.7 Å². The Balaban J connectivity index is 2.09. The van der Waals surface area contributed by atoms with Gasteiger partial charge in [-0.05, 0) is 31.9 Å². The van der Waals surface area contributed by atoms with Crippen molar-refractivity contribution in [2.24, 2.45) is 5.73 Å². The zero-order chi connectivity index (χ0) is 12.1. The summed E-state index contributed by atoms with van der Waals surface area (Å²) in [6.07, 6.45) is 4.96. The van der Waals surface area contributed by atoms with Crippen molar-refractivity contribution in [3.8, 4) is 0 Å². The Morgan fingerprint density at radius 1 is 1.47 bits per heavy atom. The lowest BCUT2D eigenvalue weighted by Gasteiger charge is -2.22. The minimum absolute atomic E-state index is 0.347. The van der Waals surface area contributed by atoms with Gasteiger partial charge in [0, 0.05) is 36.9 Å². The van der Waals surface area contributed by atoms with E-state index in [1.165, 1.54) is 5.69 Å². The van der Waals surface area contributed by atoms with Crippen LogP contribution in [0.2, 0.25) is 0 Å². The molecule has 0 aromatic carbocycles. The number of aromatic nitrogens is 2. The third kappa shape index (κ3) is 3.23. The van der Waals surface area contributed by atoms with Crippen molar-refractivity contribution >= 4 is 0 Å². The molecule has 1 unspecified atom stereocenters. The minimum Gasteiger partial charge on any atom is -0.381 e. The zero-order valence-electron chi connectivity index (χ0n) is 10.4. The highest BCUT2D eigenvalue weighted by Crippen LogP contribution is 2.26. The van der Waals surface area contributed by atoms with E-state index in [2.05, 4.69) is 11.9 Å². The Morgan fingerprint density at radius 2 is 2.24 bits per heavy atom. The normalized spacial score (nSPS) is 19.2. The van der Waals surface area contributed by atoms with Gasteiger partial charge in [-0.2, -0.15) is 0 Å². The summed E-state index contributed by atoms with van der Waals surface area (Å²) in [7, 11) is 0. The van der Waals surface area contributed by atoms with E-state index in [0.29, 0.717) is 18.4 Å². The number of nitrogens with two attached hydrogens (primary N) is 1. The molecule has 0 amide bonds. The van der Waals surface area contributed by atoms with Crippen LogP contribution in [0.1, 0.15) is 49.5 Å². The predicted molar refractivity (Wildman–Crippen MR) is 66.9 cm³/mol. The maximum Gasteiger partial charge on any atom is 0.131 e. The summed E-state index contributed by atoms with van der Waals surface area (Å²) in [4.78, 5) is 9.05. The van der Waals surface area contributed by atoms with Crippen LogP contribution < -0.4 is 5.73 Å². The van der Waals surface area contributed by atoms with Crippen molar-refractivity contribution in [2.75, 3.05) is 19.8 Å². The SMILES string of the molecule is CC(CCN)c1nccc(C2CCOCC2)n1. The van der Waals surface area contributed by atoms with Gasteiger partial charge >= 0.3 is 0 Å². The topological polar surface area (TPSA) is 61.0 Å². The molecule has 2 N–H and O–H groups in total. The minimum atomic E-state index is 0.347. The third-order valence-electron chi connectivity index (χ3n) is 3.38. The van der Waals surface area contributed by atoms with Crippen molar-refractivity contribution < 1.29 is 4.74 Å². The maximum atomic E-state index is 5.58. The third-order valence-corrected chi connectivity index (χ3v) is 3.38. The molecule has 1 aliphatic heterocycles. The molecule has 1 aliphatic rings. The fraction of sp³-hybridized carbons (Fsp3) is 0.692. The molecular weight excluding hydrogens is 214 g/mol. The number of hydrogen-bond acceptors (Lipinski definition) is 4. The summed E-state index contributed by atoms with van der Waals surface area (Å²) in [5.74, 6) is 1.81. The zero-order valence-corrected chi connectivity index (χ0v) is 10.4. The van der Waals surface area contributed by atoms with Gasteiger partial charge in [-0.1, -0.05) is 6.92 Å². The first-order valence-corrected chi connectivity index (χ1v) is 6.42. The van der Waals surface area contributed by atoms with Gasteiger partial charge in [0.15, 0.2) is 0 Å². The van der Waals surface area contributed by atoms with Crippen LogP contribution >= 0.6 is 0 Å². The van der Waals surface area contributed by atoms with Crippen LogP contribution in [0.15, 0.2) is 12.3 Å². The average Bonchev–Trinajstić information content (AvgIpc) is 2.40. The van der Waals surface area contributed by atoms with Crippen molar-refractivity contribution in [2.45, 2.75) is 38.0 Å². The summed E-state index contributed by atoms with van der Waals surface area (Å²) < 4.78 is 5.38. The lowest BCUT2D eigenvalue weighted by Crippen LogP contribution is -2.16. The van der Waals surface area contributed by atoms with E-state index in [-0.39, 0.29) is 0 Å². The van der Waals surface area contributed by atoms with E-state index in [1.807, 2.05) is 12.3 Å². The summed E-state index contributed by atoms with van der Waals surface area (Å²) in [5.41, 5.74) is 6.74. The molecule has 0 spiro atoms. The number of nitrogens with zero attached hydrogens (tertiary/aromatic N) is 2. The number of rotatable bonds is 4. The summed E-state index contributed by atoms with van der Waals surface area (Å²) in [6, 6.07) is 2.04. The Labute approximate surface area is 103 Å². The molecule has 94 valence electrons. The lowest BCUT2D eigenvalue weighted by atomic mass is 9.96. The van der Waals surface area contributed by atoms with E-state index >= 15 is 0 Å². The predicted octanol–water partition coefficient (Wildman–Crippen LogP) is 1.82. The van der Waals surface area contributed by atoms with Gasteiger partial charge in [0.2, 0.25) is 0 Å². The maximum absolute atomic E-state index is 5.58. The monoisotopic (exact) mass is 235 g/mol. The first-order chi connectivity index (χ1) is 8.31. The van der Waals surface area contributed by atoms with E-state index in [0.717, 1.165) is 38.3 Å². The van der Waals surface area contributed by atoms with Crippen molar-refractivity contribution in [1.29, 1.82) is 0 Å². The van der Waals surface area contributed by atoms with E-state index in [4.69, 9.17) is 15.5 Å². The molecule has 2 heterocycles. The van der Waals surface area contributed by atoms with Gasteiger partial charge in [0.1, 0.15) is 5.82 Å². The number of hydrogen-bond donors (Lipinski definition) is 1. The molecule has 0 saturated carbocycles. The van der Waals surface area contributed by atoms with Gasteiger partial charge in [0.25, 0.3) is 0 Å². The molecule has 1 aromatic rings. The average molecular weight is 235 g/mol. The second kappa shape index (κ2) is 6.07. The van der Waals surface area contributed by atoms with Crippen LogP contribution in [0.3, 0.4) is 0 Å². The molecule has 0 radical (unpaired) electrons. The van der Waals surface area contributed by atoms with Gasteiger partial charge in [-0.25, -0.2) is 9.97 Å². The molecule has 0 bridgehead atoms. The molecule has 4 heteroatoms. The largest absolute Gasteiger partial charge is 0.381 e. The molecule has 1 fully saturated rings. The standard InChI is InChI=1S/C13H21N3O/c1-10(2-6-14)13-15-7-3-12(16-13)11-4-8-17-9-5-11/h3,7,10-11H,2,4-6,8-9,14H2,1H3. The van der Waals surface area contributed by atoms with Crippen LogP contribution in [0, 0.1) is 0 Å². The molecule has 17 heavy (non-hydrogen) atoms. The summed E-state index contributed by atoms with van der Waals surface area (Å²) >= 11 is 0. The van der Waals surface area contributed by atoms with Gasteiger partial charge in [-0.15, -0.1) is 0 Å². The molecule has 1 atom stereocenters. The van der Waals surface area contributed by atoms with Gasteiger partial charge < -0.3 is 10.5 Å². The second-order valence-electron chi connectivity index (χ2n) is 4.70. The number of ether oxygens (including phenoxy) is 1. The fourth-order valence-corrected chi connectivity index (χ4v) is 2.23. The van der Waals surface area contributed by atoms with Crippen LogP contribution in [0.5, 0.6) is 0 Å². The van der Waals surface area contributed by atoms with Crippen molar-refractivity contribution in [1.82, 2.24) is 9.97 Å². The quantitative estimate of drug-likeness (QED) is 0.864. The summed E-state index contributed by atoms with van der Waals surface area (Å²) in [5, 5.41) is 0. The van der Waals surface area contributed by atoms with Gasteiger partial charge in [-0.3, -0.25) is 0 Å². The Hall–Kier alpha value is -1.00. The van der Waals surface area contributed by atoms with E-state index < -0.39 is 0 Å². The Morgan fingerprint density at radius 3 is 2.94 bits per heavy atom. The van der Waals surface area contributed by atoms with Crippen LogP contribution in [0.4, 0.5) is 0 Å². The van der Waals surface area contributed by atoms with Crippen molar-refractivity contribution in [3.05, 3.63) is 23.8 Å². The Kier molecular flexibility index (Phi) is 4.45. The fourth-order valence-electron chi connectivity index (χ4n) is 2.23. The second-order valence-corrected chi connectivity index (χ2v) is 4.70. The molecule has 2 rings (SSSR count).